The smallest absolute Gasteiger partial charge is 0.160 e. The molecule has 11 aromatic rings. The molecule has 0 N–H and O–H groups in total. The Kier molecular flexibility index (Phi) is 7.58. The lowest BCUT2D eigenvalue weighted by atomic mass is 9.81. The molecule has 0 aliphatic heterocycles. The highest BCUT2D eigenvalue weighted by Crippen LogP contribution is 2.53. The molecule has 0 amide bonds. The van der Waals surface area contributed by atoms with Crippen LogP contribution in [0.5, 0.6) is 0 Å². The first-order valence-corrected chi connectivity index (χ1v) is 20.7. The zero-order valence-corrected chi connectivity index (χ0v) is 33.4. The lowest BCUT2D eigenvalue weighted by Crippen LogP contribution is -2.14. The Balaban J connectivity index is 1.01. The van der Waals surface area contributed by atoms with Gasteiger partial charge in [0.1, 0.15) is 0 Å². The van der Waals surface area contributed by atoms with Gasteiger partial charge in [0.25, 0.3) is 0 Å². The first kappa shape index (κ1) is 34.4. The summed E-state index contributed by atoms with van der Waals surface area (Å²) >= 11 is 0. The fourth-order valence-corrected chi connectivity index (χ4v) is 9.89. The van der Waals surface area contributed by atoms with Crippen LogP contribution in [-0.4, -0.2) is 14.5 Å². The molecule has 1 aliphatic carbocycles. The molecule has 0 radical (unpaired) electrons. The average Bonchev–Trinajstić information content (AvgIpc) is 3.76. The van der Waals surface area contributed by atoms with Gasteiger partial charge in [-0.3, -0.25) is 0 Å². The summed E-state index contributed by atoms with van der Waals surface area (Å²) in [5.74, 6) is 0.713. The Labute approximate surface area is 348 Å². The summed E-state index contributed by atoms with van der Waals surface area (Å²) in [4.78, 5) is 10.7. The SMILES string of the molecule is CC1(C)c2cc3ccccc3cc2-c2c(-c3cc(-c4ccc(-c5ccc(-n6c7ccccc7c7ccccc76)cc5)c5ccccc45)nc(-c4ccccc4)n3)cccc21. The normalized spacial score (nSPS) is 13.0. The van der Waals surface area contributed by atoms with E-state index in [1.165, 1.54) is 71.3 Å². The number of hydrogen-bond acceptors (Lipinski definition) is 2. The summed E-state index contributed by atoms with van der Waals surface area (Å²) in [6, 6.07) is 72.4. The summed E-state index contributed by atoms with van der Waals surface area (Å²) in [5, 5.41) is 7.38. The van der Waals surface area contributed by atoms with Crippen LogP contribution in [0.4, 0.5) is 0 Å². The van der Waals surface area contributed by atoms with Crippen LogP contribution in [0.25, 0.3) is 105 Å². The molecule has 2 heterocycles. The predicted octanol–water partition coefficient (Wildman–Crippen LogP) is 14.9. The highest BCUT2D eigenvalue weighted by molar-refractivity contribution is 6.09. The third-order valence-electron chi connectivity index (χ3n) is 12.8. The van der Waals surface area contributed by atoms with Gasteiger partial charge >= 0.3 is 0 Å². The van der Waals surface area contributed by atoms with Gasteiger partial charge in [0.05, 0.1) is 22.4 Å². The largest absolute Gasteiger partial charge is 0.309 e. The zero-order valence-electron chi connectivity index (χ0n) is 33.4. The van der Waals surface area contributed by atoms with Crippen molar-refractivity contribution in [1.82, 2.24) is 14.5 Å². The van der Waals surface area contributed by atoms with Crippen LogP contribution >= 0.6 is 0 Å². The molecule has 0 atom stereocenters. The van der Waals surface area contributed by atoms with E-state index in [2.05, 4.69) is 213 Å². The van der Waals surface area contributed by atoms with E-state index in [1.54, 1.807) is 0 Å². The van der Waals surface area contributed by atoms with Crippen LogP contribution in [-0.2, 0) is 5.41 Å². The molecule has 282 valence electrons. The molecule has 2 aromatic heterocycles. The fraction of sp³-hybridized carbons (Fsp3) is 0.0526. The minimum atomic E-state index is -0.156. The van der Waals surface area contributed by atoms with Gasteiger partial charge in [-0.1, -0.05) is 172 Å². The summed E-state index contributed by atoms with van der Waals surface area (Å²) in [6.07, 6.45) is 0. The molecule has 0 fully saturated rings. The number of benzene rings is 9. The van der Waals surface area contributed by atoms with Crippen molar-refractivity contribution < 1.29 is 0 Å². The molecular weight excluding hydrogens is 727 g/mol. The van der Waals surface area contributed by atoms with E-state index in [4.69, 9.17) is 9.97 Å². The first-order chi connectivity index (χ1) is 29.5. The highest BCUT2D eigenvalue weighted by Gasteiger charge is 2.37. The van der Waals surface area contributed by atoms with Crippen LogP contribution in [0.3, 0.4) is 0 Å². The summed E-state index contributed by atoms with van der Waals surface area (Å²) in [6.45, 7) is 4.70. The van der Waals surface area contributed by atoms with Gasteiger partial charge < -0.3 is 4.57 Å². The van der Waals surface area contributed by atoms with E-state index in [9.17, 15) is 0 Å². The minimum absolute atomic E-state index is 0.156. The van der Waals surface area contributed by atoms with Gasteiger partial charge in [-0.25, -0.2) is 9.97 Å². The Bertz CT molecular complexity index is 3450. The van der Waals surface area contributed by atoms with E-state index in [0.29, 0.717) is 5.82 Å². The van der Waals surface area contributed by atoms with Crippen molar-refractivity contribution in [1.29, 1.82) is 0 Å². The van der Waals surface area contributed by atoms with Gasteiger partial charge in [-0.2, -0.15) is 0 Å². The monoisotopic (exact) mass is 765 g/mol. The molecule has 0 spiro atoms. The first-order valence-electron chi connectivity index (χ1n) is 20.7. The van der Waals surface area contributed by atoms with Gasteiger partial charge in [0.15, 0.2) is 5.82 Å². The second-order valence-corrected chi connectivity index (χ2v) is 16.5. The quantitative estimate of drug-likeness (QED) is 0.175. The molecule has 9 aromatic carbocycles. The summed E-state index contributed by atoms with van der Waals surface area (Å²) in [7, 11) is 0. The lowest BCUT2D eigenvalue weighted by Gasteiger charge is -2.22. The maximum Gasteiger partial charge on any atom is 0.160 e. The van der Waals surface area contributed by atoms with E-state index in [0.717, 1.165) is 39.2 Å². The fourth-order valence-electron chi connectivity index (χ4n) is 9.89. The van der Waals surface area contributed by atoms with Crippen molar-refractivity contribution in [2.45, 2.75) is 19.3 Å². The van der Waals surface area contributed by atoms with Gasteiger partial charge in [0.2, 0.25) is 0 Å². The Morgan fingerprint density at radius 3 is 1.65 bits per heavy atom. The topological polar surface area (TPSA) is 30.7 Å². The number of aromatic nitrogens is 3. The van der Waals surface area contributed by atoms with Crippen molar-refractivity contribution in [2.24, 2.45) is 0 Å². The number of rotatable bonds is 5. The zero-order chi connectivity index (χ0) is 40.0. The molecular formula is C57H39N3. The van der Waals surface area contributed by atoms with Crippen molar-refractivity contribution in [3.8, 4) is 61.8 Å². The Hall–Kier alpha value is -7.62. The summed E-state index contributed by atoms with van der Waals surface area (Å²) in [5.41, 5.74) is 16.0. The van der Waals surface area contributed by atoms with Gasteiger partial charge in [-0.05, 0) is 97.4 Å². The number of nitrogens with zero attached hydrogens (tertiary/aromatic N) is 3. The van der Waals surface area contributed by atoms with E-state index in [-0.39, 0.29) is 5.41 Å². The van der Waals surface area contributed by atoms with E-state index in [1.807, 2.05) is 6.07 Å². The molecule has 0 unspecified atom stereocenters. The molecule has 0 saturated heterocycles. The molecule has 3 nitrogen and oxygen atoms in total. The second-order valence-electron chi connectivity index (χ2n) is 16.5. The maximum atomic E-state index is 5.36. The van der Waals surface area contributed by atoms with Crippen molar-refractivity contribution in [2.75, 3.05) is 0 Å². The predicted molar refractivity (Wildman–Crippen MR) is 251 cm³/mol. The van der Waals surface area contributed by atoms with E-state index < -0.39 is 0 Å². The molecule has 0 saturated carbocycles. The van der Waals surface area contributed by atoms with Gasteiger partial charge in [0, 0.05) is 38.6 Å². The molecule has 12 rings (SSSR count). The van der Waals surface area contributed by atoms with Crippen LogP contribution in [0.15, 0.2) is 200 Å². The molecule has 0 bridgehead atoms. The second kappa shape index (κ2) is 13.2. The van der Waals surface area contributed by atoms with Crippen LogP contribution in [0.1, 0.15) is 25.0 Å². The molecule has 60 heavy (non-hydrogen) atoms. The minimum Gasteiger partial charge on any atom is -0.309 e. The standard InChI is InChI=1S/C57H39N3/c1-57(2)49-24-14-23-47(55(49)48-33-38-17-6-7-18-39(38)34-50(48)57)52-35-51(58-56(59-52)37-15-4-3-5-16-37)44-32-31-41(42-19-8-9-20-43(42)44)36-27-29-40(30-28-36)60-53-25-12-10-21-45(53)46-22-11-13-26-54(46)60/h3-35H,1-2H3. The third kappa shape index (κ3) is 5.22. The average molecular weight is 766 g/mol. The van der Waals surface area contributed by atoms with Crippen LogP contribution in [0.2, 0.25) is 0 Å². The number of fused-ring (bicyclic) bond motifs is 8. The maximum absolute atomic E-state index is 5.36. The third-order valence-corrected chi connectivity index (χ3v) is 12.8. The number of hydrogen-bond donors (Lipinski definition) is 0. The molecule has 3 heteroatoms. The van der Waals surface area contributed by atoms with Crippen molar-refractivity contribution in [3.63, 3.8) is 0 Å². The number of para-hydroxylation sites is 2. The summed E-state index contributed by atoms with van der Waals surface area (Å²) < 4.78 is 2.37. The lowest BCUT2D eigenvalue weighted by molar-refractivity contribution is 0.661. The van der Waals surface area contributed by atoms with Crippen molar-refractivity contribution >= 4 is 43.4 Å². The Morgan fingerprint density at radius 2 is 0.950 bits per heavy atom. The van der Waals surface area contributed by atoms with Crippen LogP contribution < -0.4 is 0 Å². The van der Waals surface area contributed by atoms with E-state index >= 15 is 0 Å². The van der Waals surface area contributed by atoms with Crippen LogP contribution in [0, 0.1) is 0 Å². The highest BCUT2D eigenvalue weighted by atomic mass is 15.0. The van der Waals surface area contributed by atoms with Crippen molar-refractivity contribution in [3.05, 3.63) is 211 Å². The Morgan fingerprint density at radius 1 is 0.383 bits per heavy atom. The van der Waals surface area contributed by atoms with Gasteiger partial charge in [-0.15, -0.1) is 0 Å². The molecule has 1 aliphatic rings.